The standard InChI is InChI=1S/C23H22FNO3/c1-2-27-22-13-10-18(14-19(22)16-28-21-6-4-3-5-7-21)23(26)25-15-17-8-11-20(24)12-9-17/h3-14H,2,15-16H2,1H3,(H,25,26). The van der Waals surface area contributed by atoms with Crippen LogP contribution in [-0.4, -0.2) is 12.5 Å². The third-order valence-corrected chi connectivity index (χ3v) is 4.13. The highest BCUT2D eigenvalue weighted by Gasteiger charge is 2.11. The maximum absolute atomic E-state index is 13.0. The Kier molecular flexibility index (Phi) is 6.63. The zero-order valence-corrected chi connectivity index (χ0v) is 15.7. The Morgan fingerprint density at radius 1 is 0.964 bits per heavy atom. The van der Waals surface area contributed by atoms with E-state index in [1.807, 2.05) is 37.3 Å². The van der Waals surface area contributed by atoms with Crippen LogP contribution in [0.2, 0.25) is 0 Å². The van der Waals surface area contributed by atoms with E-state index in [2.05, 4.69) is 5.32 Å². The minimum Gasteiger partial charge on any atom is -0.493 e. The van der Waals surface area contributed by atoms with Gasteiger partial charge in [0.25, 0.3) is 5.91 Å². The summed E-state index contributed by atoms with van der Waals surface area (Å²) >= 11 is 0. The smallest absolute Gasteiger partial charge is 0.251 e. The molecular weight excluding hydrogens is 357 g/mol. The normalized spacial score (nSPS) is 10.4. The number of carbonyl (C=O) groups is 1. The molecule has 0 aromatic heterocycles. The van der Waals surface area contributed by atoms with E-state index in [0.29, 0.717) is 31.1 Å². The maximum atomic E-state index is 13.0. The first kappa shape index (κ1) is 19.4. The molecule has 28 heavy (non-hydrogen) atoms. The van der Waals surface area contributed by atoms with E-state index >= 15 is 0 Å². The van der Waals surface area contributed by atoms with Gasteiger partial charge in [0.2, 0.25) is 0 Å². The molecule has 0 fully saturated rings. The molecule has 1 N–H and O–H groups in total. The molecule has 0 unspecified atom stereocenters. The molecule has 0 aliphatic rings. The molecule has 0 spiro atoms. The van der Waals surface area contributed by atoms with Crippen LogP contribution in [0.5, 0.6) is 11.5 Å². The SMILES string of the molecule is CCOc1ccc(C(=O)NCc2ccc(F)cc2)cc1COc1ccccc1. The minimum absolute atomic E-state index is 0.215. The third-order valence-electron chi connectivity index (χ3n) is 4.13. The zero-order valence-electron chi connectivity index (χ0n) is 15.7. The number of nitrogens with one attached hydrogen (secondary N) is 1. The van der Waals surface area contributed by atoms with Crippen LogP contribution in [0, 0.1) is 5.82 Å². The van der Waals surface area contributed by atoms with Crippen LogP contribution >= 0.6 is 0 Å². The van der Waals surface area contributed by atoms with Crippen LogP contribution in [0.3, 0.4) is 0 Å². The van der Waals surface area contributed by atoms with Crippen molar-refractivity contribution < 1.29 is 18.7 Å². The average Bonchev–Trinajstić information content (AvgIpc) is 2.73. The maximum Gasteiger partial charge on any atom is 0.251 e. The number of amides is 1. The van der Waals surface area contributed by atoms with Gasteiger partial charge in [-0.2, -0.15) is 0 Å². The molecule has 144 valence electrons. The summed E-state index contributed by atoms with van der Waals surface area (Å²) in [6, 6.07) is 20.8. The van der Waals surface area contributed by atoms with Gasteiger partial charge in [-0.15, -0.1) is 0 Å². The van der Waals surface area contributed by atoms with Crippen molar-refractivity contribution in [2.45, 2.75) is 20.1 Å². The number of carbonyl (C=O) groups excluding carboxylic acids is 1. The lowest BCUT2D eigenvalue weighted by Gasteiger charge is -2.13. The molecule has 0 saturated carbocycles. The predicted molar refractivity (Wildman–Crippen MR) is 106 cm³/mol. The second-order valence-electron chi connectivity index (χ2n) is 6.17. The molecule has 0 aliphatic carbocycles. The summed E-state index contributed by atoms with van der Waals surface area (Å²) in [7, 11) is 0. The molecule has 4 nitrogen and oxygen atoms in total. The Balaban J connectivity index is 1.69. The van der Waals surface area contributed by atoms with E-state index in [-0.39, 0.29) is 11.7 Å². The molecule has 5 heteroatoms. The Morgan fingerprint density at radius 3 is 2.43 bits per heavy atom. The van der Waals surface area contributed by atoms with Gasteiger partial charge in [0, 0.05) is 17.7 Å². The van der Waals surface area contributed by atoms with Crippen LogP contribution in [0.1, 0.15) is 28.4 Å². The van der Waals surface area contributed by atoms with Crippen molar-refractivity contribution in [3.8, 4) is 11.5 Å². The Labute approximate surface area is 163 Å². The largest absolute Gasteiger partial charge is 0.493 e. The number of hydrogen-bond acceptors (Lipinski definition) is 3. The fourth-order valence-electron chi connectivity index (χ4n) is 2.69. The first-order chi connectivity index (χ1) is 13.7. The van der Waals surface area contributed by atoms with Gasteiger partial charge < -0.3 is 14.8 Å². The van der Waals surface area contributed by atoms with Gasteiger partial charge in [-0.05, 0) is 55.0 Å². The first-order valence-corrected chi connectivity index (χ1v) is 9.12. The van der Waals surface area contributed by atoms with Gasteiger partial charge in [0.05, 0.1) is 6.61 Å². The first-order valence-electron chi connectivity index (χ1n) is 9.12. The summed E-state index contributed by atoms with van der Waals surface area (Å²) < 4.78 is 24.4. The number of rotatable bonds is 8. The van der Waals surface area contributed by atoms with Crippen molar-refractivity contribution in [2.75, 3.05) is 6.61 Å². The molecule has 0 bridgehead atoms. The summed E-state index contributed by atoms with van der Waals surface area (Å²) in [5, 5.41) is 2.84. The van der Waals surface area contributed by atoms with Crippen molar-refractivity contribution in [1.29, 1.82) is 0 Å². The quantitative estimate of drug-likeness (QED) is 0.615. The van der Waals surface area contributed by atoms with Crippen LogP contribution in [0.15, 0.2) is 72.8 Å². The van der Waals surface area contributed by atoms with E-state index in [4.69, 9.17) is 9.47 Å². The predicted octanol–water partition coefficient (Wildman–Crippen LogP) is 4.73. The molecule has 3 aromatic carbocycles. The molecule has 3 rings (SSSR count). The third kappa shape index (κ3) is 5.33. The number of para-hydroxylation sites is 1. The van der Waals surface area contributed by atoms with E-state index < -0.39 is 0 Å². The molecule has 0 atom stereocenters. The fourth-order valence-corrected chi connectivity index (χ4v) is 2.69. The summed E-state index contributed by atoms with van der Waals surface area (Å²) in [4.78, 5) is 12.5. The van der Waals surface area contributed by atoms with Gasteiger partial charge in [-0.3, -0.25) is 4.79 Å². The van der Waals surface area contributed by atoms with Crippen LogP contribution in [-0.2, 0) is 13.2 Å². The highest BCUT2D eigenvalue weighted by atomic mass is 19.1. The van der Waals surface area contributed by atoms with Gasteiger partial charge in [0.1, 0.15) is 23.9 Å². The van der Waals surface area contributed by atoms with Crippen LogP contribution in [0.4, 0.5) is 4.39 Å². The minimum atomic E-state index is -0.301. The molecule has 1 amide bonds. The number of halogens is 1. The summed E-state index contributed by atoms with van der Waals surface area (Å²) in [6.07, 6.45) is 0. The summed E-state index contributed by atoms with van der Waals surface area (Å²) in [5.74, 6) is 0.919. The van der Waals surface area contributed by atoms with Crippen LogP contribution in [0.25, 0.3) is 0 Å². The number of ether oxygens (including phenoxy) is 2. The fraction of sp³-hybridized carbons (Fsp3) is 0.174. The number of benzene rings is 3. The van der Waals surface area contributed by atoms with E-state index in [9.17, 15) is 9.18 Å². The van der Waals surface area contributed by atoms with Gasteiger partial charge >= 0.3 is 0 Å². The second kappa shape index (κ2) is 9.55. The summed E-state index contributed by atoms with van der Waals surface area (Å²) in [5.41, 5.74) is 2.13. The molecule has 0 heterocycles. The van der Waals surface area contributed by atoms with Crippen molar-refractivity contribution in [3.63, 3.8) is 0 Å². The molecule has 3 aromatic rings. The van der Waals surface area contributed by atoms with Gasteiger partial charge in [0.15, 0.2) is 0 Å². The van der Waals surface area contributed by atoms with E-state index in [0.717, 1.165) is 16.9 Å². The Bertz CT molecular complexity index is 911. The topological polar surface area (TPSA) is 47.6 Å². The lowest BCUT2D eigenvalue weighted by Crippen LogP contribution is -2.23. The molecular formula is C23H22FNO3. The average molecular weight is 379 g/mol. The lowest BCUT2D eigenvalue weighted by molar-refractivity contribution is 0.0950. The summed E-state index contributed by atoms with van der Waals surface area (Å²) in [6.45, 7) is 3.04. The van der Waals surface area contributed by atoms with Gasteiger partial charge in [-0.25, -0.2) is 4.39 Å². The second-order valence-corrected chi connectivity index (χ2v) is 6.17. The van der Waals surface area contributed by atoms with Crippen molar-refractivity contribution in [1.82, 2.24) is 5.32 Å². The zero-order chi connectivity index (χ0) is 19.8. The van der Waals surface area contributed by atoms with Crippen molar-refractivity contribution in [2.24, 2.45) is 0 Å². The molecule has 0 saturated heterocycles. The molecule has 0 aliphatic heterocycles. The van der Waals surface area contributed by atoms with Crippen molar-refractivity contribution >= 4 is 5.91 Å². The van der Waals surface area contributed by atoms with E-state index in [1.54, 1.807) is 30.3 Å². The van der Waals surface area contributed by atoms with Crippen LogP contribution < -0.4 is 14.8 Å². The monoisotopic (exact) mass is 379 g/mol. The Morgan fingerprint density at radius 2 is 1.71 bits per heavy atom. The highest BCUT2D eigenvalue weighted by molar-refractivity contribution is 5.94. The van der Waals surface area contributed by atoms with Crippen molar-refractivity contribution in [3.05, 3.63) is 95.3 Å². The Hall–Kier alpha value is -3.34. The lowest BCUT2D eigenvalue weighted by atomic mass is 10.1. The van der Waals surface area contributed by atoms with Gasteiger partial charge in [-0.1, -0.05) is 30.3 Å². The number of hydrogen-bond donors (Lipinski definition) is 1. The van der Waals surface area contributed by atoms with E-state index in [1.165, 1.54) is 12.1 Å². The molecule has 0 radical (unpaired) electrons. The highest BCUT2D eigenvalue weighted by Crippen LogP contribution is 2.23.